The van der Waals surface area contributed by atoms with Crippen LogP contribution in [0.2, 0.25) is 0 Å². The Morgan fingerprint density at radius 3 is 2.73 bits per heavy atom. The van der Waals surface area contributed by atoms with Crippen LogP contribution in [-0.4, -0.2) is 16.7 Å². The van der Waals surface area contributed by atoms with Gasteiger partial charge in [-0.1, -0.05) is 42.5 Å². The Balaban J connectivity index is 1.87. The molecule has 0 amide bonds. The Bertz CT molecular complexity index is 737. The van der Waals surface area contributed by atoms with E-state index in [1.54, 1.807) is 13.3 Å². The number of methoxy groups -OCH3 is 1. The van der Waals surface area contributed by atoms with Gasteiger partial charge in [-0.15, -0.1) is 0 Å². The number of aromatic nitrogens is 2. The van der Waals surface area contributed by atoms with E-state index >= 15 is 0 Å². The summed E-state index contributed by atoms with van der Waals surface area (Å²) in [5.41, 5.74) is 8.61. The van der Waals surface area contributed by atoms with Crippen LogP contribution in [0.4, 0.5) is 0 Å². The molecule has 2 N–H and O–H groups in total. The first kappa shape index (κ1) is 14.4. The number of hydrogen-bond donors (Lipinski definition) is 1. The van der Waals surface area contributed by atoms with E-state index in [2.05, 4.69) is 21.7 Å². The van der Waals surface area contributed by atoms with Crippen LogP contribution < -0.4 is 10.5 Å². The number of hydrogen-bond acceptors (Lipinski definition) is 3. The van der Waals surface area contributed by atoms with Crippen molar-refractivity contribution in [3.05, 3.63) is 83.9 Å². The monoisotopic (exact) mass is 293 g/mol. The number of benzene rings is 2. The first-order valence-electron chi connectivity index (χ1n) is 7.22. The topological polar surface area (TPSA) is 53.1 Å². The number of nitrogens with zero attached hydrogens (tertiary/aromatic N) is 2. The molecule has 0 spiro atoms. The third-order valence-corrected chi connectivity index (χ3v) is 3.67. The van der Waals surface area contributed by atoms with Crippen molar-refractivity contribution in [2.75, 3.05) is 7.11 Å². The molecule has 22 heavy (non-hydrogen) atoms. The molecule has 0 saturated heterocycles. The summed E-state index contributed by atoms with van der Waals surface area (Å²) in [4.78, 5) is 4.44. The second-order valence-electron chi connectivity index (χ2n) is 5.15. The van der Waals surface area contributed by atoms with Crippen molar-refractivity contribution in [3.63, 3.8) is 0 Å². The molecule has 4 heteroatoms. The van der Waals surface area contributed by atoms with Crippen LogP contribution in [0.1, 0.15) is 23.0 Å². The number of imidazole rings is 1. The van der Waals surface area contributed by atoms with E-state index in [4.69, 9.17) is 10.5 Å². The lowest BCUT2D eigenvalue weighted by Gasteiger charge is -2.15. The second kappa shape index (κ2) is 6.45. The smallest absolute Gasteiger partial charge is 0.130 e. The maximum atomic E-state index is 6.40. The minimum atomic E-state index is -0.284. The quantitative estimate of drug-likeness (QED) is 0.787. The van der Waals surface area contributed by atoms with Gasteiger partial charge >= 0.3 is 0 Å². The summed E-state index contributed by atoms with van der Waals surface area (Å²) in [7, 11) is 1.65. The van der Waals surface area contributed by atoms with Gasteiger partial charge in [0.2, 0.25) is 0 Å². The zero-order valence-corrected chi connectivity index (χ0v) is 12.5. The molecule has 0 fully saturated rings. The Labute approximate surface area is 130 Å². The van der Waals surface area contributed by atoms with Gasteiger partial charge in [-0.3, -0.25) is 0 Å². The zero-order chi connectivity index (χ0) is 15.4. The van der Waals surface area contributed by atoms with Gasteiger partial charge < -0.3 is 15.0 Å². The van der Waals surface area contributed by atoms with Gasteiger partial charge in [0.25, 0.3) is 0 Å². The van der Waals surface area contributed by atoms with Crippen LogP contribution in [0, 0.1) is 0 Å². The predicted molar refractivity (Wildman–Crippen MR) is 86.8 cm³/mol. The largest absolute Gasteiger partial charge is 0.497 e. The van der Waals surface area contributed by atoms with Gasteiger partial charge in [0.15, 0.2) is 0 Å². The lowest BCUT2D eigenvalue weighted by molar-refractivity contribution is 0.414. The fraction of sp³-hybridized carbons (Fsp3) is 0.167. The molecule has 1 aromatic heterocycles. The highest BCUT2D eigenvalue weighted by molar-refractivity contribution is 5.33. The summed E-state index contributed by atoms with van der Waals surface area (Å²) in [6, 6.07) is 17.8. The Kier molecular flexibility index (Phi) is 4.21. The molecule has 0 saturated carbocycles. The Morgan fingerprint density at radius 1 is 1.14 bits per heavy atom. The third kappa shape index (κ3) is 3.02. The first-order chi connectivity index (χ1) is 10.8. The van der Waals surface area contributed by atoms with Crippen molar-refractivity contribution in [2.45, 2.75) is 12.6 Å². The number of nitrogens with two attached hydrogens (primary N) is 1. The third-order valence-electron chi connectivity index (χ3n) is 3.67. The van der Waals surface area contributed by atoms with Crippen LogP contribution in [0.15, 0.2) is 67.0 Å². The summed E-state index contributed by atoms with van der Waals surface area (Å²) in [5, 5.41) is 0. The van der Waals surface area contributed by atoms with E-state index in [-0.39, 0.29) is 6.04 Å². The summed E-state index contributed by atoms with van der Waals surface area (Å²) >= 11 is 0. The molecule has 0 aliphatic rings. The lowest BCUT2D eigenvalue weighted by Crippen LogP contribution is -2.18. The molecule has 1 unspecified atom stereocenters. The molecule has 3 aromatic rings. The Hall–Kier alpha value is -2.59. The molecule has 0 bridgehead atoms. The molecule has 0 radical (unpaired) electrons. The van der Waals surface area contributed by atoms with Crippen LogP contribution in [0.5, 0.6) is 5.75 Å². The van der Waals surface area contributed by atoms with Gasteiger partial charge in [0.05, 0.1) is 13.2 Å². The minimum absolute atomic E-state index is 0.284. The molecule has 0 aliphatic heterocycles. The summed E-state index contributed by atoms with van der Waals surface area (Å²) in [6.07, 6.45) is 3.75. The molecule has 0 aliphatic carbocycles. The van der Waals surface area contributed by atoms with E-state index in [9.17, 15) is 0 Å². The van der Waals surface area contributed by atoms with Gasteiger partial charge in [0, 0.05) is 18.9 Å². The maximum Gasteiger partial charge on any atom is 0.130 e. The lowest BCUT2D eigenvalue weighted by atomic mass is 10.1. The molecule has 112 valence electrons. The zero-order valence-electron chi connectivity index (χ0n) is 12.5. The highest BCUT2D eigenvalue weighted by Crippen LogP contribution is 2.22. The van der Waals surface area contributed by atoms with Crippen LogP contribution in [0.25, 0.3) is 0 Å². The van der Waals surface area contributed by atoms with Crippen molar-refractivity contribution in [1.82, 2.24) is 9.55 Å². The standard InChI is InChI=1S/C18H19N3O/c1-22-16-9-5-8-15(12-16)17(19)18-20-10-11-21(18)13-14-6-3-2-4-7-14/h2-12,17H,13,19H2,1H3. The number of rotatable bonds is 5. The van der Waals surface area contributed by atoms with Crippen molar-refractivity contribution in [1.29, 1.82) is 0 Å². The summed E-state index contributed by atoms with van der Waals surface area (Å²) < 4.78 is 7.35. The van der Waals surface area contributed by atoms with E-state index in [0.29, 0.717) is 0 Å². The van der Waals surface area contributed by atoms with E-state index in [0.717, 1.165) is 23.7 Å². The molecule has 1 heterocycles. The molecular weight excluding hydrogens is 274 g/mol. The van der Waals surface area contributed by atoms with Crippen molar-refractivity contribution in [2.24, 2.45) is 5.73 Å². The molecule has 4 nitrogen and oxygen atoms in total. The predicted octanol–water partition coefficient (Wildman–Crippen LogP) is 2.99. The fourth-order valence-corrected chi connectivity index (χ4v) is 2.50. The highest BCUT2D eigenvalue weighted by atomic mass is 16.5. The number of ether oxygens (including phenoxy) is 1. The van der Waals surface area contributed by atoms with E-state index in [1.807, 2.05) is 48.7 Å². The minimum Gasteiger partial charge on any atom is -0.497 e. The van der Waals surface area contributed by atoms with Crippen molar-refractivity contribution in [3.8, 4) is 5.75 Å². The van der Waals surface area contributed by atoms with Crippen LogP contribution in [-0.2, 0) is 6.54 Å². The summed E-state index contributed by atoms with van der Waals surface area (Å²) in [6.45, 7) is 0.758. The summed E-state index contributed by atoms with van der Waals surface area (Å²) in [5.74, 6) is 1.64. The van der Waals surface area contributed by atoms with Crippen LogP contribution in [0.3, 0.4) is 0 Å². The maximum absolute atomic E-state index is 6.40. The van der Waals surface area contributed by atoms with E-state index in [1.165, 1.54) is 5.56 Å². The van der Waals surface area contributed by atoms with Crippen LogP contribution >= 0.6 is 0 Å². The highest BCUT2D eigenvalue weighted by Gasteiger charge is 2.15. The Morgan fingerprint density at radius 2 is 1.95 bits per heavy atom. The molecule has 3 rings (SSSR count). The van der Waals surface area contributed by atoms with Crippen molar-refractivity contribution >= 4 is 0 Å². The van der Waals surface area contributed by atoms with Gasteiger partial charge in [-0.25, -0.2) is 4.98 Å². The fourth-order valence-electron chi connectivity index (χ4n) is 2.50. The van der Waals surface area contributed by atoms with Gasteiger partial charge in [-0.05, 0) is 23.3 Å². The first-order valence-corrected chi connectivity index (χ1v) is 7.22. The molecule has 2 aromatic carbocycles. The average Bonchev–Trinajstić information content (AvgIpc) is 3.03. The normalized spacial score (nSPS) is 12.1. The van der Waals surface area contributed by atoms with Gasteiger partial charge in [-0.2, -0.15) is 0 Å². The average molecular weight is 293 g/mol. The van der Waals surface area contributed by atoms with Crippen molar-refractivity contribution < 1.29 is 4.74 Å². The molecular formula is C18H19N3O. The SMILES string of the molecule is COc1cccc(C(N)c2nccn2Cc2ccccc2)c1. The molecule has 1 atom stereocenters. The van der Waals surface area contributed by atoms with Gasteiger partial charge in [0.1, 0.15) is 11.6 Å². The van der Waals surface area contributed by atoms with E-state index < -0.39 is 0 Å². The second-order valence-corrected chi connectivity index (χ2v) is 5.15.